The molecule has 0 spiro atoms. The lowest BCUT2D eigenvalue weighted by molar-refractivity contribution is -0.136. The molecule has 1 aromatic carbocycles. The van der Waals surface area contributed by atoms with E-state index in [0.29, 0.717) is 11.1 Å². The molecular weight excluding hydrogens is 206 g/mol. The van der Waals surface area contributed by atoms with Gasteiger partial charge in [-0.25, -0.2) is 0 Å². The number of rotatable bonds is 3. The molecule has 80 valence electrons. The molecule has 0 aliphatic heterocycles. The van der Waals surface area contributed by atoms with Crippen molar-refractivity contribution in [2.45, 2.75) is 6.42 Å². The zero-order valence-corrected chi connectivity index (χ0v) is 8.42. The second-order valence-corrected chi connectivity index (χ2v) is 2.92. The predicted molar refractivity (Wildman–Crippen MR) is 58.7 cm³/mol. The van der Waals surface area contributed by atoms with Crippen molar-refractivity contribution in [2.75, 3.05) is 6.54 Å². The Morgan fingerprint density at radius 3 is 2.94 bits per heavy atom. The summed E-state index contributed by atoms with van der Waals surface area (Å²) in [7, 11) is 0. The van der Waals surface area contributed by atoms with Crippen molar-refractivity contribution in [1.29, 1.82) is 0 Å². The fraction of sp³-hybridized carbons (Fsp3) is 0.182. The monoisotopic (exact) mass is 215 g/mol. The number of benzene rings is 1. The normalized spacial score (nSPS) is 8.50. The molecule has 1 rings (SSSR count). The van der Waals surface area contributed by atoms with Gasteiger partial charge in [-0.1, -0.05) is 35.2 Å². The predicted octanol–water partition coefficient (Wildman–Crippen LogP) is 1.98. The zero-order valence-electron chi connectivity index (χ0n) is 8.42. The van der Waals surface area contributed by atoms with Crippen LogP contribution in [-0.2, 0) is 11.2 Å². The summed E-state index contributed by atoms with van der Waals surface area (Å²) in [4.78, 5) is 13.1. The molecule has 0 aromatic heterocycles. The van der Waals surface area contributed by atoms with Gasteiger partial charge in [0.1, 0.15) is 0 Å². The molecule has 0 atom stereocenters. The van der Waals surface area contributed by atoms with Crippen LogP contribution in [-0.4, -0.2) is 17.6 Å². The minimum Gasteiger partial charge on any atom is -0.481 e. The molecule has 5 heteroatoms. The number of carboxylic acids is 1. The fourth-order valence-corrected chi connectivity index (χ4v) is 1.16. The van der Waals surface area contributed by atoms with Crippen LogP contribution in [0.4, 0.5) is 0 Å². The molecule has 0 bridgehead atoms. The first kappa shape index (κ1) is 11.6. The van der Waals surface area contributed by atoms with Gasteiger partial charge in [0.25, 0.3) is 0 Å². The molecule has 1 N–H and O–H groups in total. The maximum absolute atomic E-state index is 10.6. The average molecular weight is 215 g/mol. The van der Waals surface area contributed by atoms with Crippen LogP contribution < -0.4 is 0 Å². The van der Waals surface area contributed by atoms with Gasteiger partial charge in [0.2, 0.25) is 0 Å². The first-order chi connectivity index (χ1) is 7.74. The molecule has 0 saturated heterocycles. The Hall–Kier alpha value is -2.44. The first-order valence-corrected chi connectivity index (χ1v) is 4.53. The number of azide groups is 1. The van der Waals surface area contributed by atoms with Crippen LogP contribution in [0.2, 0.25) is 0 Å². The summed E-state index contributed by atoms with van der Waals surface area (Å²) in [5, 5.41) is 12.0. The molecule has 0 aliphatic carbocycles. The topological polar surface area (TPSA) is 86.1 Å². The van der Waals surface area contributed by atoms with E-state index >= 15 is 0 Å². The van der Waals surface area contributed by atoms with Crippen LogP contribution in [0.1, 0.15) is 11.1 Å². The zero-order chi connectivity index (χ0) is 11.8. The van der Waals surface area contributed by atoms with Crippen molar-refractivity contribution < 1.29 is 9.90 Å². The Bertz CT molecular complexity index is 493. The van der Waals surface area contributed by atoms with E-state index in [2.05, 4.69) is 21.9 Å². The van der Waals surface area contributed by atoms with Gasteiger partial charge in [0.15, 0.2) is 0 Å². The lowest BCUT2D eigenvalue weighted by Crippen LogP contribution is -2.01. The maximum atomic E-state index is 10.6. The minimum absolute atomic E-state index is 0.0631. The number of hydrogen-bond donors (Lipinski definition) is 1. The van der Waals surface area contributed by atoms with E-state index in [9.17, 15) is 4.79 Å². The van der Waals surface area contributed by atoms with Crippen molar-refractivity contribution >= 4 is 5.97 Å². The van der Waals surface area contributed by atoms with E-state index in [1.165, 1.54) is 0 Å². The number of carboxylic acid groups (broad SMARTS) is 1. The Balaban J connectivity index is 2.88. The summed E-state index contributed by atoms with van der Waals surface area (Å²) in [6.45, 7) is 0.0813. The molecular formula is C11H9N3O2. The third-order valence-corrected chi connectivity index (χ3v) is 1.80. The van der Waals surface area contributed by atoms with Crippen LogP contribution in [0.15, 0.2) is 29.4 Å². The van der Waals surface area contributed by atoms with Crippen molar-refractivity contribution in [3.63, 3.8) is 0 Å². The maximum Gasteiger partial charge on any atom is 0.307 e. The fourth-order valence-electron chi connectivity index (χ4n) is 1.16. The van der Waals surface area contributed by atoms with Crippen molar-refractivity contribution in [3.05, 3.63) is 45.8 Å². The molecule has 0 heterocycles. The highest BCUT2D eigenvalue weighted by Crippen LogP contribution is 2.07. The highest BCUT2D eigenvalue weighted by atomic mass is 16.4. The van der Waals surface area contributed by atoms with E-state index in [4.69, 9.17) is 10.6 Å². The standard InChI is InChI=1S/C11H9N3O2/c12-14-13-7-3-6-9-4-1-2-5-10(9)8-11(15)16/h1-2,4-5H,7-8H2,(H,15,16). The summed E-state index contributed by atoms with van der Waals surface area (Å²) < 4.78 is 0. The van der Waals surface area contributed by atoms with E-state index in [-0.39, 0.29) is 13.0 Å². The van der Waals surface area contributed by atoms with Crippen LogP contribution in [0.25, 0.3) is 10.4 Å². The van der Waals surface area contributed by atoms with Gasteiger partial charge in [0, 0.05) is 10.5 Å². The molecule has 0 radical (unpaired) electrons. The molecule has 0 aliphatic rings. The van der Waals surface area contributed by atoms with E-state index in [1.54, 1.807) is 24.3 Å². The third-order valence-electron chi connectivity index (χ3n) is 1.80. The molecule has 1 aromatic rings. The van der Waals surface area contributed by atoms with Gasteiger partial charge in [-0.15, -0.1) is 0 Å². The van der Waals surface area contributed by atoms with Gasteiger partial charge < -0.3 is 5.11 Å². The van der Waals surface area contributed by atoms with Crippen LogP contribution in [0, 0.1) is 11.8 Å². The quantitative estimate of drug-likeness (QED) is 0.361. The van der Waals surface area contributed by atoms with Crippen LogP contribution >= 0.6 is 0 Å². The molecule has 5 nitrogen and oxygen atoms in total. The highest BCUT2D eigenvalue weighted by molar-refractivity contribution is 5.71. The van der Waals surface area contributed by atoms with Gasteiger partial charge in [-0.05, 0) is 17.2 Å². The third kappa shape index (κ3) is 3.74. The average Bonchev–Trinajstić information content (AvgIpc) is 2.26. The Kier molecular flexibility index (Phi) is 4.45. The Morgan fingerprint density at radius 2 is 2.25 bits per heavy atom. The highest BCUT2D eigenvalue weighted by Gasteiger charge is 2.03. The SMILES string of the molecule is [N-]=[N+]=NCC#Cc1ccccc1CC(=O)O. The molecule has 0 fully saturated rings. The second-order valence-electron chi connectivity index (χ2n) is 2.92. The summed E-state index contributed by atoms with van der Waals surface area (Å²) in [5.41, 5.74) is 9.36. The van der Waals surface area contributed by atoms with Crippen LogP contribution in [0.5, 0.6) is 0 Å². The van der Waals surface area contributed by atoms with E-state index in [1.807, 2.05) is 0 Å². The van der Waals surface area contributed by atoms with Gasteiger partial charge >= 0.3 is 5.97 Å². The summed E-state index contributed by atoms with van der Waals surface area (Å²) in [6.07, 6.45) is -0.0631. The number of hydrogen-bond acceptors (Lipinski definition) is 2. The lowest BCUT2D eigenvalue weighted by atomic mass is 10.1. The second kappa shape index (κ2) is 6.12. The summed E-state index contributed by atoms with van der Waals surface area (Å²) in [5.74, 6) is 4.53. The lowest BCUT2D eigenvalue weighted by Gasteiger charge is -1.99. The Morgan fingerprint density at radius 1 is 1.50 bits per heavy atom. The number of aliphatic carboxylic acids is 1. The minimum atomic E-state index is -0.899. The van der Waals surface area contributed by atoms with Crippen LogP contribution in [0.3, 0.4) is 0 Å². The Labute approximate surface area is 92.3 Å². The number of nitrogens with zero attached hydrogens (tertiary/aromatic N) is 3. The van der Waals surface area contributed by atoms with Crippen molar-refractivity contribution in [1.82, 2.24) is 0 Å². The van der Waals surface area contributed by atoms with Gasteiger partial charge in [-0.2, -0.15) is 0 Å². The first-order valence-electron chi connectivity index (χ1n) is 4.53. The summed E-state index contributed by atoms with van der Waals surface area (Å²) >= 11 is 0. The van der Waals surface area contributed by atoms with Crippen molar-refractivity contribution in [3.8, 4) is 11.8 Å². The number of carbonyl (C=O) groups is 1. The smallest absolute Gasteiger partial charge is 0.307 e. The van der Waals surface area contributed by atoms with E-state index < -0.39 is 5.97 Å². The van der Waals surface area contributed by atoms with Gasteiger partial charge in [0.05, 0.1) is 13.0 Å². The molecule has 0 saturated carbocycles. The molecule has 0 unspecified atom stereocenters. The van der Waals surface area contributed by atoms with E-state index in [0.717, 1.165) is 0 Å². The molecule has 0 amide bonds. The summed E-state index contributed by atoms with van der Waals surface area (Å²) in [6, 6.07) is 6.99. The largest absolute Gasteiger partial charge is 0.481 e. The molecule has 16 heavy (non-hydrogen) atoms. The van der Waals surface area contributed by atoms with Gasteiger partial charge in [-0.3, -0.25) is 4.79 Å². The van der Waals surface area contributed by atoms with Crippen molar-refractivity contribution in [2.24, 2.45) is 5.11 Å².